The fraction of sp³-hybridized carbons (Fsp3) is 0.478. The van der Waals surface area contributed by atoms with Crippen LogP contribution in [-0.2, 0) is 25.4 Å². The van der Waals surface area contributed by atoms with Gasteiger partial charge >= 0.3 is 5.69 Å². The van der Waals surface area contributed by atoms with Crippen molar-refractivity contribution >= 4 is 28.8 Å². The zero-order chi connectivity index (χ0) is 23.0. The van der Waals surface area contributed by atoms with Gasteiger partial charge in [-0.2, -0.15) is 0 Å². The number of hydrogen-bond donors (Lipinski definition) is 0. The van der Waals surface area contributed by atoms with Crippen molar-refractivity contribution in [3.63, 3.8) is 0 Å². The summed E-state index contributed by atoms with van der Waals surface area (Å²) in [5.41, 5.74) is 2.08. The number of likely N-dealkylation sites (tertiary alicyclic amines) is 1. The molecule has 8 nitrogen and oxygen atoms in total. The van der Waals surface area contributed by atoms with E-state index in [1.165, 1.54) is 23.4 Å². The Bertz CT molecular complexity index is 1270. The van der Waals surface area contributed by atoms with Crippen molar-refractivity contribution in [3.05, 3.63) is 56.2 Å². The highest BCUT2D eigenvalue weighted by Crippen LogP contribution is 2.25. The summed E-state index contributed by atoms with van der Waals surface area (Å²) in [5.74, 6) is 0.327. The zero-order valence-electron chi connectivity index (χ0n) is 19.0. The van der Waals surface area contributed by atoms with Crippen LogP contribution in [0.15, 0.2) is 39.0 Å². The van der Waals surface area contributed by atoms with Crippen molar-refractivity contribution in [3.8, 4) is 0 Å². The van der Waals surface area contributed by atoms with E-state index in [4.69, 9.17) is 0 Å². The van der Waals surface area contributed by atoms with E-state index in [0.29, 0.717) is 22.9 Å². The largest absolute Gasteiger partial charge is 0.339 e. The second-order valence-electron chi connectivity index (χ2n) is 8.56. The highest BCUT2D eigenvalue weighted by molar-refractivity contribution is 7.99. The molecule has 3 heterocycles. The molecule has 1 aliphatic rings. The highest BCUT2D eigenvalue weighted by atomic mass is 32.2. The second-order valence-corrected chi connectivity index (χ2v) is 9.51. The van der Waals surface area contributed by atoms with Crippen LogP contribution in [0.5, 0.6) is 0 Å². The molecule has 32 heavy (non-hydrogen) atoms. The normalized spacial score (nSPS) is 16.6. The third-order valence-corrected chi connectivity index (χ3v) is 7.18. The lowest BCUT2D eigenvalue weighted by Gasteiger charge is -2.33. The van der Waals surface area contributed by atoms with Crippen LogP contribution in [0.3, 0.4) is 0 Å². The number of fused-ring (bicyclic) bond motifs is 1. The molecular formula is C23H29N5O3S. The lowest BCUT2D eigenvalue weighted by atomic mass is 10.0. The number of thioether (sulfide) groups is 1. The predicted octanol–water partition coefficient (Wildman–Crippen LogP) is 2.28. The number of hydrogen-bond acceptors (Lipinski definition) is 5. The summed E-state index contributed by atoms with van der Waals surface area (Å²) >= 11 is 1.33. The minimum Gasteiger partial charge on any atom is -0.339 e. The molecule has 0 N–H and O–H groups in total. The minimum atomic E-state index is -0.419. The molecule has 4 rings (SSSR count). The predicted molar refractivity (Wildman–Crippen MR) is 126 cm³/mol. The smallest absolute Gasteiger partial charge is 0.332 e. The second kappa shape index (κ2) is 8.97. The number of nitrogens with zero attached hydrogens (tertiary/aromatic N) is 5. The molecule has 2 aromatic heterocycles. The monoisotopic (exact) mass is 455 g/mol. The first-order valence-electron chi connectivity index (χ1n) is 10.9. The Hall–Kier alpha value is -2.81. The number of carbonyl (C=O) groups excluding carboxylic acids is 1. The van der Waals surface area contributed by atoms with Gasteiger partial charge in [0.15, 0.2) is 16.3 Å². The average Bonchev–Trinajstić information content (AvgIpc) is 3.14. The molecule has 0 saturated carbocycles. The molecule has 0 bridgehead atoms. The van der Waals surface area contributed by atoms with Crippen molar-refractivity contribution in [1.82, 2.24) is 23.6 Å². The maximum atomic E-state index is 13.0. The molecule has 0 unspecified atom stereocenters. The van der Waals surface area contributed by atoms with E-state index in [2.05, 4.69) is 11.9 Å². The van der Waals surface area contributed by atoms with Gasteiger partial charge in [0, 0.05) is 26.7 Å². The van der Waals surface area contributed by atoms with Gasteiger partial charge in [-0.15, -0.1) is 0 Å². The molecule has 3 aromatic rings. The summed E-state index contributed by atoms with van der Waals surface area (Å²) in [5, 5.41) is 0.567. The Balaban J connectivity index is 1.73. The molecule has 170 valence electrons. The number of imidazole rings is 1. The molecular weight excluding hydrogens is 426 g/mol. The van der Waals surface area contributed by atoms with Gasteiger partial charge in [-0.05, 0) is 38.7 Å². The summed E-state index contributed by atoms with van der Waals surface area (Å²) in [4.78, 5) is 44.9. The average molecular weight is 456 g/mol. The van der Waals surface area contributed by atoms with Crippen LogP contribution in [0, 0.1) is 6.92 Å². The molecule has 1 saturated heterocycles. The molecule has 0 aliphatic carbocycles. The quantitative estimate of drug-likeness (QED) is 0.552. The van der Waals surface area contributed by atoms with Crippen LogP contribution in [0.4, 0.5) is 0 Å². The molecule has 1 aromatic carbocycles. The van der Waals surface area contributed by atoms with E-state index in [-0.39, 0.29) is 23.3 Å². The van der Waals surface area contributed by atoms with Crippen molar-refractivity contribution in [2.75, 3.05) is 12.3 Å². The summed E-state index contributed by atoms with van der Waals surface area (Å²) in [7, 11) is 3.09. The number of carbonyl (C=O) groups is 1. The molecule has 1 aliphatic heterocycles. The third kappa shape index (κ3) is 4.13. The highest BCUT2D eigenvalue weighted by Gasteiger charge is 2.25. The van der Waals surface area contributed by atoms with Gasteiger partial charge in [0.1, 0.15) is 0 Å². The Labute approximate surface area is 190 Å². The van der Waals surface area contributed by atoms with Crippen LogP contribution in [0.25, 0.3) is 11.2 Å². The maximum absolute atomic E-state index is 13.0. The number of aromatic nitrogens is 4. The summed E-state index contributed by atoms with van der Waals surface area (Å²) < 4.78 is 4.32. The standard InChI is InChI=1S/C23H29N5O3S/c1-15-8-10-17(11-9-15)13-28-19-20(25(3)23(31)26(4)21(19)30)24-22(28)32-14-18(29)27-12-6-5-7-16(27)2/h8-11,16H,5-7,12-14H2,1-4H3/t16-/m1/s1. The van der Waals surface area contributed by atoms with E-state index in [0.717, 1.165) is 41.5 Å². The summed E-state index contributed by atoms with van der Waals surface area (Å²) in [6.45, 7) is 5.33. The third-order valence-electron chi connectivity index (χ3n) is 6.22. The SMILES string of the molecule is Cc1ccc(Cn2c(SCC(=O)N3CCCC[C@H]3C)nc3c2c(=O)n(C)c(=O)n3C)cc1. The molecule has 1 fully saturated rings. The fourth-order valence-electron chi connectivity index (χ4n) is 4.24. The van der Waals surface area contributed by atoms with Gasteiger partial charge in [0.05, 0.1) is 12.3 Å². The zero-order valence-corrected chi connectivity index (χ0v) is 19.8. The van der Waals surface area contributed by atoms with Crippen LogP contribution in [0.1, 0.15) is 37.3 Å². The van der Waals surface area contributed by atoms with Crippen LogP contribution >= 0.6 is 11.8 Å². The van der Waals surface area contributed by atoms with Gasteiger partial charge in [0.25, 0.3) is 5.56 Å². The van der Waals surface area contributed by atoms with E-state index < -0.39 is 5.69 Å². The van der Waals surface area contributed by atoms with E-state index in [1.54, 1.807) is 7.05 Å². The molecule has 9 heteroatoms. The van der Waals surface area contributed by atoms with Crippen molar-refractivity contribution < 1.29 is 4.79 Å². The first kappa shape index (κ1) is 22.4. The summed E-state index contributed by atoms with van der Waals surface area (Å²) in [6.07, 6.45) is 3.22. The van der Waals surface area contributed by atoms with Gasteiger partial charge < -0.3 is 9.47 Å². The van der Waals surface area contributed by atoms with Crippen molar-refractivity contribution in [1.29, 1.82) is 0 Å². The maximum Gasteiger partial charge on any atom is 0.332 e. The van der Waals surface area contributed by atoms with E-state index in [1.807, 2.05) is 40.7 Å². The van der Waals surface area contributed by atoms with Gasteiger partial charge in [0.2, 0.25) is 5.91 Å². The first-order valence-corrected chi connectivity index (χ1v) is 11.9. The fourth-order valence-corrected chi connectivity index (χ4v) is 5.12. The van der Waals surface area contributed by atoms with E-state index >= 15 is 0 Å². The molecule has 1 amide bonds. The first-order chi connectivity index (χ1) is 15.3. The number of piperidine rings is 1. The molecule has 0 radical (unpaired) electrons. The number of benzene rings is 1. The Morgan fingerprint density at radius 1 is 1.12 bits per heavy atom. The number of aryl methyl sites for hydroxylation is 2. The molecule has 1 atom stereocenters. The van der Waals surface area contributed by atoms with Gasteiger partial charge in [-0.3, -0.25) is 18.7 Å². The number of rotatable bonds is 5. The Kier molecular flexibility index (Phi) is 6.28. The minimum absolute atomic E-state index is 0.0814. The van der Waals surface area contributed by atoms with Gasteiger partial charge in [-0.25, -0.2) is 9.78 Å². The Morgan fingerprint density at radius 3 is 2.53 bits per heavy atom. The van der Waals surface area contributed by atoms with Crippen molar-refractivity contribution in [2.45, 2.75) is 50.9 Å². The number of amides is 1. The van der Waals surface area contributed by atoms with Gasteiger partial charge in [-0.1, -0.05) is 41.6 Å². The summed E-state index contributed by atoms with van der Waals surface area (Å²) in [6, 6.07) is 8.33. The van der Waals surface area contributed by atoms with Crippen molar-refractivity contribution in [2.24, 2.45) is 14.1 Å². The van der Waals surface area contributed by atoms with Crippen LogP contribution in [-0.4, -0.2) is 47.8 Å². The van der Waals surface area contributed by atoms with Crippen LogP contribution < -0.4 is 11.2 Å². The molecule has 0 spiro atoms. The topological polar surface area (TPSA) is 82.1 Å². The Morgan fingerprint density at radius 2 is 1.84 bits per heavy atom. The lowest BCUT2D eigenvalue weighted by Crippen LogP contribution is -2.43. The lowest BCUT2D eigenvalue weighted by molar-refractivity contribution is -0.131. The van der Waals surface area contributed by atoms with Crippen LogP contribution in [0.2, 0.25) is 0 Å². The van der Waals surface area contributed by atoms with E-state index in [9.17, 15) is 14.4 Å².